The van der Waals surface area contributed by atoms with Gasteiger partial charge in [-0.25, -0.2) is 0 Å². The number of methoxy groups -OCH3 is 1. The van der Waals surface area contributed by atoms with Crippen molar-refractivity contribution in [2.45, 2.75) is 81.9 Å². The Labute approximate surface area is 204 Å². The van der Waals surface area contributed by atoms with E-state index in [1.807, 2.05) is 9.80 Å². The number of aromatic nitrogens is 1. The third-order valence-electron chi connectivity index (χ3n) is 8.66. The molecule has 0 aromatic carbocycles. The summed E-state index contributed by atoms with van der Waals surface area (Å²) in [6, 6.07) is 3.34. The van der Waals surface area contributed by atoms with Crippen molar-refractivity contribution in [3.8, 4) is 0 Å². The lowest BCUT2D eigenvalue weighted by Gasteiger charge is -2.40. The lowest BCUT2D eigenvalue weighted by molar-refractivity contribution is -0.143. The molecule has 1 N–H and O–H groups in total. The summed E-state index contributed by atoms with van der Waals surface area (Å²) in [5.41, 5.74) is -0.715. The summed E-state index contributed by atoms with van der Waals surface area (Å²) in [6.07, 6.45) is 1.91. The predicted molar refractivity (Wildman–Crippen MR) is 124 cm³/mol. The van der Waals surface area contributed by atoms with Crippen LogP contribution in [0, 0.1) is 5.41 Å². The Hall–Kier alpha value is -1.91. The van der Waals surface area contributed by atoms with E-state index in [2.05, 4.69) is 17.2 Å². The number of pyridine rings is 1. The molecule has 194 valence electrons. The molecule has 1 saturated carbocycles. The number of carbonyl (C=O) groups is 1. The van der Waals surface area contributed by atoms with Crippen LogP contribution in [-0.2, 0) is 20.4 Å². The Kier molecular flexibility index (Phi) is 6.74. The average molecular weight is 497 g/mol. The van der Waals surface area contributed by atoms with Crippen molar-refractivity contribution in [2.24, 2.45) is 5.41 Å². The number of ether oxygens (including phenoxy) is 2. The fourth-order valence-electron chi connectivity index (χ4n) is 6.66. The number of anilines is 1. The molecule has 10 heteroatoms. The molecule has 4 fully saturated rings. The molecule has 1 aromatic heterocycles. The van der Waals surface area contributed by atoms with Gasteiger partial charge in [-0.2, -0.15) is 13.2 Å². The Morgan fingerprint density at radius 3 is 2.83 bits per heavy atom. The molecule has 0 radical (unpaired) electrons. The number of alkyl halides is 3. The van der Waals surface area contributed by atoms with E-state index in [-0.39, 0.29) is 41.6 Å². The molecule has 4 aliphatic rings. The molecule has 5 rings (SSSR count). The van der Waals surface area contributed by atoms with Gasteiger partial charge < -0.3 is 24.6 Å². The van der Waals surface area contributed by atoms with Gasteiger partial charge in [0.2, 0.25) is 5.91 Å². The van der Waals surface area contributed by atoms with Crippen LogP contribution in [0.1, 0.15) is 51.1 Å². The van der Waals surface area contributed by atoms with Gasteiger partial charge in [-0.1, -0.05) is 6.92 Å². The number of nitrogens with zero attached hydrogens (tertiary/aromatic N) is 3. The fourth-order valence-corrected chi connectivity index (χ4v) is 6.66. The van der Waals surface area contributed by atoms with Gasteiger partial charge in [-0.3, -0.25) is 9.78 Å². The summed E-state index contributed by atoms with van der Waals surface area (Å²) >= 11 is 0. The van der Waals surface area contributed by atoms with E-state index in [0.717, 1.165) is 51.2 Å². The van der Waals surface area contributed by atoms with Crippen LogP contribution in [0.25, 0.3) is 0 Å². The Morgan fingerprint density at radius 2 is 2.14 bits per heavy atom. The third kappa shape index (κ3) is 4.64. The zero-order valence-electron chi connectivity index (χ0n) is 20.4. The van der Waals surface area contributed by atoms with Crippen molar-refractivity contribution >= 4 is 11.6 Å². The fraction of sp³-hybridized carbons (Fsp3) is 0.760. The molecule has 3 aliphatic heterocycles. The van der Waals surface area contributed by atoms with Gasteiger partial charge >= 0.3 is 6.18 Å². The van der Waals surface area contributed by atoms with Gasteiger partial charge in [-0.15, -0.1) is 0 Å². The maximum atomic E-state index is 13.9. The SMILES string of the molecule is CC[C@]1(C(=O)N2C[C@H]3C[C@H]2CN3c2ccnc(C(F)(F)F)c2)CC[C@@H](N[C@H]2CCOC[C@H]2OC)C1. The number of carbonyl (C=O) groups excluding carboxylic acids is 1. The average Bonchev–Trinajstić information content (AvgIpc) is 3.58. The molecule has 1 amide bonds. The normalized spacial score (nSPS) is 35.2. The van der Waals surface area contributed by atoms with Crippen LogP contribution in [0.4, 0.5) is 18.9 Å². The summed E-state index contributed by atoms with van der Waals surface area (Å²) < 4.78 is 50.5. The number of rotatable bonds is 6. The molecule has 6 atom stereocenters. The molecule has 35 heavy (non-hydrogen) atoms. The van der Waals surface area contributed by atoms with Crippen LogP contribution >= 0.6 is 0 Å². The summed E-state index contributed by atoms with van der Waals surface area (Å²) in [5.74, 6) is 0.220. The van der Waals surface area contributed by atoms with Crippen LogP contribution in [0.15, 0.2) is 18.3 Å². The molecule has 1 aromatic rings. The molecular formula is C25H35F3N4O3. The Morgan fingerprint density at radius 1 is 1.31 bits per heavy atom. The van der Waals surface area contributed by atoms with Crippen LogP contribution in [0.2, 0.25) is 0 Å². The largest absolute Gasteiger partial charge is 0.433 e. The second-order valence-corrected chi connectivity index (χ2v) is 10.5. The number of amides is 1. The van der Waals surface area contributed by atoms with Gasteiger partial charge in [0.15, 0.2) is 0 Å². The number of halogens is 3. The quantitative estimate of drug-likeness (QED) is 0.653. The van der Waals surface area contributed by atoms with E-state index in [9.17, 15) is 18.0 Å². The molecule has 7 nitrogen and oxygen atoms in total. The molecule has 0 unspecified atom stereocenters. The molecule has 4 heterocycles. The minimum Gasteiger partial charge on any atom is -0.379 e. The molecule has 1 aliphatic carbocycles. The molecule has 2 bridgehead atoms. The Balaban J connectivity index is 1.23. The maximum Gasteiger partial charge on any atom is 0.433 e. The predicted octanol–water partition coefficient (Wildman–Crippen LogP) is 3.23. The van der Waals surface area contributed by atoms with Crippen molar-refractivity contribution in [1.29, 1.82) is 0 Å². The van der Waals surface area contributed by atoms with Crippen LogP contribution in [-0.4, -0.2) is 79.5 Å². The first-order chi connectivity index (χ1) is 16.7. The van der Waals surface area contributed by atoms with Crippen molar-refractivity contribution < 1.29 is 27.4 Å². The lowest BCUT2D eigenvalue weighted by atomic mass is 9.81. The third-order valence-corrected chi connectivity index (χ3v) is 8.66. The van der Waals surface area contributed by atoms with E-state index in [4.69, 9.17) is 9.47 Å². The molecule has 3 saturated heterocycles. The van der Waals surface area contributed by atoms with Crippen LogP contribution < -0.4 is 10.2 Å². The number of hydrogen-bond donors (Lipinski definition) is 1. The summed E-state index contributed by atoms with van der Waals surface area (Å²) in [6.45, 7) is 4.55. The van der Waals surface area contributed by atoms with Gasteiger partial charge in [0.1, 0.15) is 5.69 Å². The minimum absolute atomic E-state index is 0.0300. The smallest absolute Gasteiger partial charge is 0.379 e. The standard InChI is InChI=1S/C25H35F3N4O3/c1-3-24(7-4-16(12-24)30-20-6-9-35-15-21(20)34-2)23(33)32-14-18-10-19(32)13-31(18)17-5-8-29-22(11-17)25(26,27)28/h5,8,11,16,18-21,30H,3-4,6-7,9-10,12-15H2,1-2H3/t16-,18-,19+,20+,21-,24+/m1/s1. The van der Waals surface area contributed by atoms with Crippen LogP contribution in [0.5, 0.6) is 0 Å². The topological polar surface area (TPSA) is 66.9 Å². The second kappa shape index (κ2) is 9.52. The number of fused-ring (bicyclic) bond motifs is 2. The maximum absolute atomic E-state index is 13.9. The lowest BCUT2D eigenvalue weighted by Crippen LogP contribution is -2.54. The molecule has 0 spiro atoms. The number of piperazine rings is 1. The highest BCUT2D eigenvalue weighted by atomic mass is 19.4. The first-order valence-corrected chi connectivity index (χ1v) is 12.7. The summed E-state index contributed by atoms with van der Waals surface area (Å²) in [4.78, 5) is 21.4. The van der Waals surface area contributed by atoms with Gasteiger partial charge in [0, 0.05) is 56.8 Å². The van der Waals surface area contributed by atoms with E-state index < -0.39 is 11.9 Å². The summed E-state index contributed by atoms with van der Waals surface area (Å²) in [7, 11) is 1.71. The number of hydrogen-bond acceptors (Lipinski definition) is 6. The highest BCUT2D eigenvalue weighted by molar-refractivity contribution is 5.84. The van der Waals surface area contributed by atoms with Crippen molar-refractivity contribution in [2.75, 3.05) is 38.3 Å². The van der Waals surface area contributed by atoms with Gasteiger partial charge in [0.25, 0.3) is 0 Å². The van der Waals surface area contributed by atoms with E-state index >= 15 is 0 Å². The van der Waals surface area contributed by atoms with Gasteiger partial charge in [-0.05, 0) is 50.7 Å². The monoisotopic (exact) mass is 496 g/mol. The van der Waals surface area contributed by atoms with Crippen molar-refractivity contribution in [3.63, 3.8) is 0 Å². The van der Waals surface area contributed by atoms with E-state index in [0.29, 0.717) is 25.4 Å². The van der Waals surface area contributed by atoms with Crippen LogP contribution in [0.3, 0.4) is 0 Å². The number of likely N-dealkylation sites (tertiary alicyclic amines) is 1. The Bertz CT molecular complexity index is 931. The summed E-state index contributed by atoms with van der Waals surface area (Å²) in [5, 5.41) is 3.75. The highest BCUT2D eigenvalue weighted by Crippen LogP contribution is 2.46. The van der Waals surface area contributed by atoms with Gasteiger partial charge in [0.05, 0.1) is 24.2 Å². The van der Waals surface area contributed by atoms with Crippen molar-refractivity contribution in [3.05, 3.63) is 24.0 Å². The first-order valence-electron chi connectivity index (χ1n) is 12.7. The second-order valence-electron chi connectivity index (χ2n) is 10.5. The van der Waals surface area contributed by atoms with Crippen molar-refractivity contribution in [1.82, 2.24) is 15.2 Å². The zero-order valence-corrected chi connectivity index (χ0v) is 20.4. The highest BCUT2D eigenvalue weighted by Gasteiger charge is 2.52. The van der Waals surface area contributed by atoms with E-state index in [1.165, 1.54) is 6.20 Å². The van der Waals surface area contributed by atoms with E-state index in [1.54, 1.807) is 13.2 Å². The zero-order chi connectivity index (χ0) is 24.8. The first kappa shape index (κ1) is 24.8. The number of nitrogens with one attached hydrogen (secondary N) is 1. The minimum atomic E-state index is -4.47. The molecular weight excluding hydrogens is 461 g/mol.